The fourth-order valence-electron chi connectivity index (χ4n) is 2.47. The van der Waals surface area contributed by atoms with Gasteiger partial charge in [-0.3, -0.25) is 9.89 Å². The van der Waals surface area contributed by atoms with Crippen molar-refractivity contribution in [2.75, 3.05) is 14.2 Å². The second kappa shape index (κ2) is 6.36. The molecule has 1 aromatic heterocycles. The Labute approximate surface area is 134 Å². The molecule has 3 aromatic rings. The maximum atomic E-state index is 11.9. The highest BCUT2D eigenvalue weighted by Crippen LogP contribution is 2.29. The highest BCUT2D eigenvalue weighted by Gasteiger charge is 2.11. The topological polar surface area (TPSA) is 67.0 Å². The molecule has 1 heterocycles. The van der Waals surface area contributed by atoms with E-state index < -0.39 is 0 Å². The highest BCUT2D eigenvalue weighted by molar-refractivity contribution is 6.00. The number of ether oxygens (including phenoxy) is 1. The lowest BCUT2D eigenvalue weighted by Gasteiger charge is -2.09. The van der Waals surface area contributed by atoms with Crippen molar-refractivity contribution in [1.82, 2.24) is 15.5 Å². The van der Waals surface area contributed by atoms with Crippen molar-refractivity contribution in [3.8, 4) is 5.88 Å². The van der Waals surface area contributed by atoms with Crippen molar-refractivity contribution in [3.63, 3.8) is 0 Å². The van der Waals surface area contributed by atoms with Crippen molar-refractivity contribution in [3.05, 3.63) is 65.7 Å². The summed E-state index contributed by atoms with van der Waals surface area (Å²) >= 11 is 0. The summed E-state index contributed by atoms with van der Waals surface area (Å²) < 4.78 is 5.21. The van der Waals surface area contributed by atoms with E-state index in [0.29, 0.717) is 5.88 Å². The van der Waals surface area contributed by atoms with E-state index in [1.165, 1.54) is 0 Å². The van der Waals surface area contributed by atoms with Gasteiger partial charge < -0.3 is 10.1 Å². The van der Waals surface area contributed by atoms with Gasteiger partial charge in [0.25, 0.3) is 0 Å². The van der Waals surface area contributed by atoms with Crippen molar-refractivity contribution in [1.29, 1.82) is 0 Å². The van der Waals surface area contributed by atoms with Crippen LogP contribution in [0.3, 0.4) is 0 Å². The third-order valence-corrected chi connectivity index (χ3v) is 3.64. The number of carbonyl (C=O) groups is 1. The summed E-state index contributed by atoms with van der Waals surface area (Å²) in [6.07, 6.45) is 1.60. The summed E-state index contributed by atoms with van der Waals surface area (Å²) in [5.74, 6) is 0.411. The minimum atomic E-state index is -0.147. The van der Waals surface area contributed by atoms with Gasteiger partial charge in [0.1, 0.15) is 0 Å². The predicted octanol–water partition coefficient (Wildman–Crippen LogP) is 2.75. The number of carbonyl (C=O) groups excluding carboxylic acids is 1. The summed E-state index contributed by atoms with van der Waals surface area (Å²) in [4.78, 5) is 11.9. The first-order chi connectivity index (χ1) is 11.2. The van der Waals surface area contributed by atoms with Crippen LogP contribution in [-0.4, -0.2) is 30.3 Å². The number of hydrogen-bond donors (Lipinski definition) is 2. The number of methoxy groups -OCH3 is 1. The molecule has 23 heavy (non-hydrogen) atoms. The molecule has 2 aromatic carbocycles. The molecule has 5 nitrogen and oxygen atoms in total. The normalized spacial score (nSPS) is 11.5. The third-order valence-electron chi connectivity index (χ3n) is 3.64. The minimum absolute atomic E-state index is 0.147. The standard InChI is InChI=1S/C18H17N3O2/c1-19-17(22)11-15(12-6-4-3-5-7-12)13-8-9-14-16(10-13)20-21-18(14)23-2/h3-11H,1-2H3,(H,19,22)(H,20,21). The number of nitrogens with one attached hydrogen (secondary N) is 2. The van der Waals surface area contributed by atoms with E-state index in [2.05, 4.69) is 15.5 Å². The molecular weight excluding hydrogens is 290 g/mol. The molecule has 116 valence electrons. The van der Waals surface area contributed by atoms with E-state index in [9.17, 15) is 4.79 Å². The van der Waals surface area contributed by atoms with Gasteiger partial charge in [-0.05, 0) is 28.8 Å². The number of H-pyrrole nitrogens is 1. The Morgan fingerprint density at radius 3 is 2.65 bits per heavy atom. The Balaban J connectivity index is 2.13. The summed E-state index contributed by atoms with van der Waals surface area (Å²) in [5.41, 5.74) is 3.61. The van der Waals surface area contributed by atoms with E-state index >= 15 is 0 Å². The van der Waals surface area contributed by atoms with Gasteiger partial charge in [0, 0.05) is 13.1 Å². The Morgan fingerprint density at radius 2 is 1.96 bits per heavy atom. The molecule has 0 radical (unpaired) electrons. The Morgan fingerprint density at radius 1 is 1.17 bits per heavy atom. The smallest absolute Gasteiger partial charge is 0.244 e. The quantitative estimate of drug-likeness (QED) is 0.728. The van der Waals surface area contributed by atoms with E-state index in [0.717, 1.165) is 27.6 Å². The average molecular weight is 307 g/mol. The molecular formula is C18H17N3O2. The number of benzene rings is 2. The molecule has 0 aliphatic carbocycles. The number of aromatic amines is 1. The van der Waals surface area contributed by atoms with Gasteiger partial charge in [0.2, 0.25) is 11.8 Å². The Kier molecular flexibility index (Phi) is 4.10. The molecule has 0 unspecified atom stereocenters. The fourth-order valence-corrected chi connectivity index (χ4v) is 2.47. The van der Waals surface area contributed by atoms with Gasteiger partial charge in [-0.1, -0.05) is 36.4 Å². The zero-order chi connectivity index (χ0) is 16.2. The number of fused-ring (bicyclic) bond motifs is 1. The fraction of sp³-hybridized carbons (Fsp3) is 0.111. The molecule has 0 aliphatic heterocycles. The summed E-state index contributed by atoms with van der Waals surface area (Å²) in [6.45, 7) is 0. The molecule has 2 N–H and O–H groups in total. The van der Waals surface area contributed by atoms with Crippen LogP contribution in [0.1, 0.15) is 11.1 Å². The zero-order valence-corrected chi connectivity index (χ0v) is 13.0. The molecule has 0 bridgehead atoms. The van der Waals surface area contributed by atoms with Crippen molar-refractivity contribution >= 4 is 22.4 Å². The summed E-state index contributed by atoms with van der Waals surface area (Å²) in [5, 5.41) is 10.6. The van der Waals surface area contributed by atoms with Gasteiger partial charge in [-0.15, -0.1) is 5.10 Å². The van der Waals surface area contributed by atoms with Crippen LogP contribution in [0.2, 0.25) is 0 Å². The molecule has 0 fully saturated rings. The van der Waals surface area contributed by atoms with Gasteiger partial charge >= 0.3 is 0 Å². The van der Waals surface area contributed by atoms with Crippen LogP contribution in [0.15, 0.2) is 54.6 Å². The second-order valence-corrected chi connectivity index (χ2v) is 5.03. The van der Waals surface area contributed by atoms with E-state index in [1.807, 2.05) is 48.5 Å². The van der Waals surface area contributed by atoms with Gasteiger partial charge in [0.15, 0.2) is 0 Å². The lowest BCUT2D eigenvalue weighted by atomic mass is 9.96. The van der Waals surface area contributed by atoms with E-state index in [1.54, 1.807) is 20.2 Å². The van der Waals surface area contributed by atoms with Crippen LogP contribution in [0.25, 0.3) is 16.5 Å². The number of hydrogen-bond acceptors (Lipinski definition) is 3. The molecule has 5 heteroatoms. The first-order valence-electron chi connectivity index (χ1n) is 7.24. The maximum absolute atomic E-state index is 11.9. The van der Waals surface area contributed by atoms with Crippen LogP contribution >= 0.6 is 0 Å². The number of aromatic nitrogens is 2. The van der Waals surface area contributed by atoms with Crippen LogP contribution in [0.4, 0.5) is 0 Å². The first kappa shape index (κ1) is 14.8. The average Bonchev–Trinajstić information content (AvgIpc) is 3.02. The molecule has 0 aliphatic rings. The zero-order valence-electron chi connectivity index (χ0n) is 13.0. The summed E-state index contributed by atoms with van der Waals surface area (Å²) in [6, 6.07) is 15.7. The molecule has 3 rings (SSSR count). The van der Waals surface area contributed by atoms with Crippen molar-refractivity contribution in [2.24, 2.45) is 0 Å². The Hall–Kier alpha value is -3.08. The second-order valence-electron chi connectivity index (χ2n) is 5.03. The number of nitrogens with zero attached hydrogens (tertiary/aromatic N) is 1. The summed E-state index contributed by atoms with van der Waals surface area (Å²) in [7, 11) is 3.20. The van der Waals surface area contributed by atoms with E-state index in [4.69, 9.17) is 4.74 Å². The molecule has 0 spiro atoms. The molecule has 1 amide bonds. The van der Waals surface area contributed by atoms with Gasteiger partial charge in [-0.25, -0.2) is 0 Å². The SMILES string of the molecule is CNC(=O)C=C(c1ccccc1)c1ccc2c(OC)n[nH]c2c1. The van der Waals surface area contributed by atoms with Gasteiger partial charge in [0.05, 0.1) is 18.0 Å². The number of rotatable bonds is 4. The van der Waals surface area contributed by atoms with Crippen LogP contribution < -0.4 is 10.1 Å². The van der Waals surface area contributed by atoms with Crippen molar-refractivity contribution in [2.45, 2.75) is 0 Å². The van der Waals surface area contributed by atoms with Crippen LogP contribution in [0, 0.1) is 0 Å². The number of likely N-dealkylation sites (N-methyl/N-ethyl adjacent to an activating group) is 1. The lowest BCUT2D eigenvalue weighted by Crippen LogP contribution is -2.15. The molecule has 0 saturated carbocycles. The van der Waals surface area contributed by atoms with Gasteiger partial charge in [-0.2, -0.15) is 0 Å². The van der Waals surface area contributed by atoms with E-state index in [-0.39, 0.29) is 5.91 Å². The van der Waals surface area contributed by atoms with Crippen LogP contribution in [-0.2, 0) is 4.79 Å². The monoisotopic (exact) mass is 307 g/mol. The lowest BCUT2D eigenvalue weighted by molar-refractivity contribution is -0.116. The van der Waals surface area contributed by atoms with Crippen molar-refractivity contribution < 1.29 is 9.53 Å². The Bertz CT molecular complexity index is 866. The largest absolute Gasteiger partial charge is 0.480 e. The first-order valence-corrected chi connectivity index (χ1v) is 7.24. The van der Waals surface area contributed by atoms with Crippen LogP contribution in [0.5, 0.6) is 5.88 Å². The number of amides is 1. The third kappa shape index (κ3) is 2.94. The highest BCUT2D eigenvalue weighted by atomic mass is 16.5. The minimum Gasteiger partial charge on any atom is -0.480 e. The maximum Gasteiger partial charge on any atom is 0.244 e. The molecule has 0 atom stereocenters. The molecule has 0 saturated heterocycles. The predicted molar refractivity (Wildman–Crippen MR) is 90.2 cm³/mol.